The minimum atomic E-state index is -0.0225. The normalized spacial score (nSPS) is 27.7. The summed E-state index contributed by atoms with van der Waals surface area (Å²) < 4.78 is 11.5. The van der Waals surface area contributed by atoms with Gasteiger partial charge in [0.25, 0.3) is 0 Å². The molecule has 98 valence electrons. The Labute approximate surface area is 109 Å². The molecule has 1 aromatic carbocycles. The average molecular weight is 247 g/mol. The summed E-state index contributed by atoms with van der Waals surface area (Å²) in [5.74, 6) is 0. The minimum Gasteiger partial charge on any atom is -0.350 e. The predicted molar refractivity (Wildman–Crippen MR) is 70.2 cm³/mol. The van der Waals surface area contributed by atoms with Crippen LogP contribution in [0.1, 0.15) is 25.3 Å². The highest BCUT2D eigenvalue weighted by molar-refractivity contribution is 5.14. The molecule has 1 atom stereocenters. The van der Waals surface area contributed by atoms with Crippen molar-refractivity contribution in [1.82, 2.24) is 4.90 Å². The molecule has 3 heteroatoms. The Morgan fingerprint density at radius 2 is 1.94 bits per heavy atom. The number of likely N-dealkylation sites (tertiary alicyclic amines) is 1. The molecule has 0 aromatic heterocycles. The lowest BCUT2D eigenvalue weighted by Crippen LogP contribution is -2.45. The summed E-state index contributed by atoms with van der Waals surface area (Å²) in [5.41, 5.74) is 1.40. The van der Waals surface area contributed by atoms with Gasteiger partial charge in [-0.05, 0) is 25.3 Å². The van der Waals surface area contributed by atoms with Crippen LogP contribution in [0.5, 0.6) is 0 Å². The van der Waals surface area contributed by atoms with Crippen molar-refractivity contribution in [3.63, 3.8) is 0 Å². The van der Waals surface area contributed by atoms with Crippen molar-refractivity contribution in [2.75, 3.05) is 19.7 Å². The van der Waals surface area contributed by atoms with E-state index in [1.807, 2.05) is 6.92 Å². The van der Waals surface area contributed by atoms with Crippen LogP contribution in [0.15, 0.2) is 30.3 Å². The highest BCUT2D eigenvalue weighted by Crippen LogP contribution is 2.33. The van der Waals surface area contributed by atoms with E-state index < -0.39 is 0 Å². The fourth-order valence-corrected chi connectivity index (χ4v) is 2.91. The van der Waals surface area contributed by atoms with Crippen LogP contribution >= 0.6 is 0 Å². The SMILES string of the molecule is C[C@@H]1OCC2(CCN(Cc3ccccc3)CC2)O1. The monoisotopic (exact) mass is 247 g/mol. The Bertz CT molecular complexity index is 385. The number of rotatable bonds is 2. The molecule has 2 heterocycles. The number of piperidine rings is 1. The van der Waals surface area contributed by atoms with Gasteiger partial charge in [-0.15, -0.1) is 0 Å². The van der Waals surface area contributed by atoms with Gasteiger partial charge in [-0.1, -0.05) is 30.3 Å². The molecule has 0 aliphatic carbocycles. The van der Waals surface area contributed by atoms with Gasteiger partial charge in [0, 0.05) is 19.6 Å². The molecule has 3 nitrogen and oxygen atoms in total. The van der Waals surface area contributed by atoms with E-state index >= 15 is 0 Å². The number of nitrogens with zero attached hydrogens (tertiary/aromatic N) is 1. The Morgan fingerprint density at radius 3 is 2.56 bits per heavy atom. The predicted octanol–water partition coefficient (Wildman–Crippen LogP) is 2.41. The smallest absolute Gasteiger partial charge is 0.155 e. The molecule has 1 aromatic rings. The van der Waals surface area contributed by atoms with Crippen LogP contribution in [-0.4, -0.2) is 36.5 Å². The van der Waals surface area contributed by atoms with E-state index in [0.29, 0.717) is 0 Å². The molecule has 0 radical (unpaired) electrons. The van der Waals surface area contributed by atoms with Gasteiger partial charge >= 0.3 is 0 Å². The molecule has 0 N–H and O–H groups in total. The Kier molecular flexibility index (Phi) is 3.37. The van der Waals surface area contributed by atoms with Crippen molar-refractivity contribution >= 4 is 0 Å². The van der Waals surface area contributed by atoms with E-state index in [0.717, 1.165) is 39.1 Å². The van der Waals surface area contributed by atoms with E-state index in [4.69, 9.17) is 9.47 Å². The van der Waals surface area contributed by atoms with Crippen LogP contribution < -0.4 is 0 Å². The van der Waals surface area contributed by atoms with E-state index in [9.17, 15) is 0 Å². The van der Waals surface area contributed by atoms with Crippen molar-refractivity contribution in [1.29, 1.82) is 0 Å². The molecule has 2 saturated heterocycles. The van der Waals surface area contributed by atoms with Gasteiger partial charge < -0.3 is 9.47 Å². The lowest BCUT2D eigenvalue weighted by atomic mass is 9.92. The van der Waals surface area contributed by atoms with Gasteiger partial charge in [0.1, 0.15) is 0 Å². The summed E-state index contributed by atoms with van der Waals surface area (Å²) >= 11 is 0. The Balaban J connectivity index is 1.54. The van der Waals surface area contributed by atoms with Gasteiger partial charge in [-0.3, -0.25) is 4.90 Å². The lowest BCUT2D eigenvalue weighted by Gasteiger charge is -2.37. The molecule has 0 bridgehead atoms. The van der Waals surface area contributed by atoms with E-state index in [2.05, 4.69) is 35.2 Å². The third-order valence-corrected chi connectivity index (χ3v) is 4.01. The van der Waals surface area contributed by atoms with Crippen LogP contribution in [-0.2, 0) is 16.0 Å². The topological polar surface area (TPSA) is 21.7 Å². The van der Waals surface area contributed by atoms with Crippen molar-refractivity contribution in [3.8, 4) is 0 Å². The van der Waals surface area contributed by atoms with Crippen LogP contribution in [0.4, 0.5) is 0 Å². The molecule has 1 spiro atoms. The first-order valence-electron chi connectivity index (χ1n) is 6.82. The summed E-state index contributed by atoms with van der Waals surface area (Å²) in [6.07, 6.45) is 2.15. The summed E-state index contributed by atoms with van der Waals surface area (Å²) in [4.78, 5) is 2.51. The Morgan fingerprint density at radius 1 is 1.22 bits per heavy atom. The molecule has 3 rings (SSSR count). The molecular formula is C15H21NO2. The second-order valence-electron chi connectivity index (χ2n) is 5.44. The molecule has 18 heavy (non-hydrogen) atoms. The molecule has 2 aliphatic rings. The quantitative estimate of drug-likeness (QED) is 0.801. The highest BCUT2D eigenvalue weighted by Gasteiger charge is 2.41. The summed E-state index contributed by atoms with van der Waals surface area (Å²) in [6, 6.07) is 10.7. The molecule has 2 fully saturated rings. The minimum absolute atomic E-state index is 0.00655. The van der Waals surface area contributed by atoms with Gasteiger partial charge in [-0.2, -0.15) is 0 Å². The van der Waals surface area contributed by atoms with Crippen LogP contribution in [0.25, 0.3) is 0 Å². The number of benzene rings is 1. The van der Waals surface area contributed by atoms with Crippen molar-refractivity contribution in [2.24, 2.45) is 0 Å². The molecular weight excluding hydrogens is 226 g/mol. The molecule has 0 unspecified atom stereocenters. The lowest BCUT2D eigenvalue weighted by molar-refractivity contribution is -0.0963. The number of ether oxygens (including phenoxy) is 2. The fourth-order valence-electron chi connectivity index (χ4n) is 2.91. The zero-order chi connectivity index (χ0) is 12.4. The van der Waals surface area contributed by atoms with E-state index in [1.165, 1.54) is 5.56 Å². The zero-order valence-corrected chi connectivity index (χ0v) is 11.0. The molecule has 2 aliphatic heterocycles. The largest absolute Gasteiger partial charge is 0.350 e. The first-order chi connectivity index (χ1) is 8.76. The van der Waals surface area contributed by atoms with Gasteiger partial charge in [-0.25, -0.2) is 0 Å². The first kappa shape index (κ1) is 12.2. The standard InChI is InChI=1S/C15H21NO2/c1-13-17-12-15(18-13)7-9-16(10-8-15)11-14-5-3-2-4-6-14/h2-6,13H,7-12H2,1H3/t13-/m1/s1. The summed E-state index contributed by atoms with van der Waals surface area (Å²) in [6.45, 7) is 6.02. The maximum Gasteiger partial charge on any atom is 0.155 e. The van der Waals surface area contributed by atoms with Gasteiger partial charge in [0.05, 0.1) is 12.2 Å². The van der Waals surface area contributed by atoms with Crippen LogP contribution in [0, 0.1) is 0 Å². The van der Waals surface area contributed by atoms with Gasteiger partial charge in [0.2, 0.25) is 0 Å². The van der Waals surface area contributed by atoms with Crippen LogP contribution in [0.3, 0.4) is 0 Å². The summed E-state index contributed by atoms with van der Waals surface area (Å²) in [7, 11) is 0. The number of hydrogen-bond acceptors (Lipinski definition) is 3. The summed E-state index contributed by atoms with van der Waals surface area (Å²) in [5, 5.41) is 0. The molecule has 0 amide bonds. The number of hydrogen-bond donors (Lipinski definition) is 0. The van der Waals surface area contributed by atoms with Crippen molar-refractivity contribution in [2.45, 2.75) is 38.2 Å². The third kappa shape index (κ3) is 2.58. The van der Waals surface area contributed by atoms with Crippen molar-refractivity contribution in [3.05, 3.63) is 35.9 Å². The first-order valence-corrected chi connectivity index (χ1v) is 6.82. The van der Waals surface area contributed by atoms with Gasteiger partial charge in [0.15, 0.2) is 6.29 Å². The third-order valence-electron chi connectivity index (χ3n) is 4.01. The second-order valence-corrected chi connectivity index (χ2v) is 5.44. The van der Waals surface area contributed by atoms with Crippen molar-refractivity contribution < 1.29 is 9.47 Å². The average Bonchev–Trinajstić information content (AvgIpc) is 2.75. The van der Waals surface area contributed by atoms with E-state index in [-0.39, 0.29) is 11.9 Å². The Hall–Kier alpha value is -0.900. The van der Waals surface area contributed by atoms with Crippen LogP contribution in [0.2, 0.25) is 0 Å². The van der Waals surface area contributed by atoms with E-state index in [1.54, 1.807) is 0 Å². The maximum absolute atomic E-state index is 5.94. The maximum atomic E-state index is 5.94. The molecule has 0 saturated carbocycles. The fraction of sp³-hybridized carbons (Fsp3) is 0.600. The highest BCUT2D eigenvalue weighted by atomic mass is 16.7. The second kappa shape index (κ2) is 5.00. The zero-order valence-electron chi connectivity index (χ0n) is 11.0.